The zero-order chi connectivity index (χ0) is 13.8. The molecule has 2 heterocycles. The summed E-state index contributed by atoms with van der Waals surface area (Å²) in [5.41, 5.74) is 4.20. The van der Waals surface area contributed by atoms with Gasteiger partial charge in [-0.2, -0.15) is 0 Å². The van der Waals surface area contributed by atoms with Crippen molar-refractivity contribution in [1.82, 2.24) is 9.97 Å². The molecule has 0 saturated heterocycles. The second-order valence-corrected chi connectivity index (χ2v) is 4.56. The van der Waals surface area contributed by atoms with Gasteiger partial charge in [0.05, 0.1) is 29.3 Å². The van der Waals surface area contributed by atoms with Crippen LogP contribution in [0.5, 0.6) is 0 Å². The fourth-order valence-corrected chi connectivity index (χ4v) is 2.18. The van der Waals surface area contributed by atoms with Crippen molar-refractivity contribution in [2.75, 3.05) is 17.7 Å². The van der Waals surface area contributed by atoms with E-state index in [2.05, 4.69) is 44.9 Å². The Bertz CT molecular complexity index is 719. The number of para-hydroxylation sites is 1. The van der Waals surface area contributed by atoms with Crippen LogP contribution in [-0.4, -0.2) is 17.0 Å². The molecule has 0 aliphatic heterocycles. The third kappa shape index (κ3) is 2.54. The van der Waals surface area contributed by atoms with E-state index >= 15 is 0 Å². The summed E-state index contributed by atoms with van der Waals surface area (Å²) in [5, 5.41) is 7.63. The fourth-order valence-electron chi connectivity index (χ4n) is 2.18. The van der Waals surface area contributed by atoms with Gasteiger partial charge in [0.15, 0.2) is 0 Å². The predicted octanol–water partition coefficient (Wildman–Crippen LogP) is 3.28. The number of anilines is 2. The molecule has 0 amide bonds. The summed E-state index contributed by atoms with van der Waals surface area (Å²) >= 11 is 0. The van der Waals surface area contributed by atoms with E-state index < -0.39 is 0 Å². The molecule has 3 aromatic rings. The quantitative estimate of drug-likeness (QED) is 0.759. The lowest BCUT2D eigenvalue weighted by Gasteiger charge is -2.09. The molecule has 2 aromatic heterocycles. The lowest BCUT2D eigenvalue weighted by atomic mass is 10.1. The zero-order valence-corrected chi connectivity index (χ0v) is 11.3. The molecule has 4 nitrogen and oxygen atoms in total. The molecule has 0 fully saturated rings. The molecule has 1 aromatic carbocycles. The van der Waals surface area contributed by atoms with Crippen LogP contribution in [0.3, 0.4) is 0 Å². The third-order valence-electron chi connectivity index (χ3n) is 3.23. The second kappa shape index (κ2) is 5.57. The van der Waals surface area contributed by atoms with Gasteiger partial charge in [-0.3, -0.25) is 9.97 Å². The molecule has 0 saturated carbocycles. The van der Waals surface area contributed by atoms with Gasteiger partial charge < -0.3 is 10.6 Å². The number of rotatable bonds is 4. The normalized spacial score (nSPS) is 10.4. The van der Waals surface area contributed by atoms with Crippen molar-refractivity contribution in [3.63, 3.8) is 0 Å². The number of nitrogens with one attached hydrogen (secondary N) is 2. The maximum absolute atomic E-state index is 4.46. The Morgan fingerprint density at radius 1 is 1.05 bits per heavy atom. The number of hydrogen-bond acceptors (Lipinski definition) is 4. The van der Waals surface area contributed by atoms with Gasteiger partial charge in [0.25, 0.3) is 0 Å². The molecule has 3 rings (SSSR count). The standard InChI is InChI=1S/C16H16N4/c1-17-14-8-15(11-18-10-14)20-9-13-5-2-4-12-6-3-7-19-16(12)13/h2-8,10-11,17,20H,9H2,1H3. The topological polar surface area (TPSA) is 49.8 Å². The van der Waals surface area contributed by atoms with E-state index in [1.54, 1.807) is 6.20 Å². The first-order valence-corrected chi connectivity index (χ1v) is 6.56. The van der Waals surface area contributed by atoms with Crippen LogP contribution >= 0.6 is 0 Å². The van der Waals surface area contributed by atoms with Gasteiger partial charge in [0.2, 0.25) is 0 Å². The Hall–Kier alpha value is -2.62. The van der Waals surface area contributed by atoms with E-state index in [0.717, 1.165) is 28.8 Å². The number of aromatic nitrogens is 2. The van der Waals surface area contributed by atoms with Crippen molar-refractivity contribution in [3.8, 4) is 0 Å². The van der Waals surface area contributed by atoms with Crippen molar-refractivity contribution in [1.29, 1.82) is 0 Å². The highest BCUT2D eigenvalue weighted by atomic mass is 14.9. The molecule has 20 heavy (non-hydrogen) atoms. The number of benzene rings is 1. The minimum absolute atomic E-state index is 0.725. The zero-order valence-electron chi connectivity index (χ0n) is 11.3. The molecule has 0 bridgehead atoms. The molecule has 0 unspecified atom stereocenters. The number of hydrogen-bond donors (Lipinski definition) is 2. The van der Waals surface area contributed by atoms with Gasteiger partial charge >= 0.3 is 0 Å². The molecule has 0 radical (unpaired) electrons. The largest absolute Gasteiger partial charge is 0.387 e. The lowest BCUT2D eigenvalue weighted by molar-refractivity contribution is 1.14. The molecule has 100 valence electrons. The lowest BCUT2D eigenvalue weighted by Crippen LogP contribution is -2.02. The molecule has 0 atom stereocenters. The highest BCUT2D eigenvalue weighted by Gasteiger charge is 2.02. The van der Waals surface area contributed by atoms with Crippen molar-refractivity contribution in [2.24, 2.45) is 0 Å². The minimum atomic E-state index is 0.725. The van der Waals surface area contributed by atoms with E-state index in [-0.39, 0.29) is 0 Å². The summed E-state index contributed by atoms with van der Waals surface area (Å²) in [5.74, 6) is 0. The maximum atomic E-state index is 4.46. The molecule has 0 aliphatic rings. The van der Waals surface area contributed by atoms with Crippen LogP contribution in [0.2, 0.25) is 0 Å². The Labute approximate surface area is 117 Å². The Morgan fingerprint density at radius 2 is 1.90 bits per heavy atom. The van der Waals surface area contributed by atoms with Gasteiger partial charge in [-0.25, -0.2) is 0 Å². The first-order chi connectivity index (χ1) is 9.86. The average molecular weight is 264 g/mol. The number of pyridine rings is 2. The second-order valence-electron chi connectivity index (χ2n) is 4.56. The van der Waals surface area contributed by atoms with Crippen molar-refractivity contribution in [3.05, 3.63) is 60.6 Å². The van der Waals surface area contributed by atoms with Crippen LogP contribution in [0.25, 0.3) is 10.9 Å². The molecular formula is C16H16N4. The van der Waals surface area contributed by atoms with Crippen LogP contribution in [0, 0.1) is 0 Å². The molecule has 4 heteroatoms. The highest BCUT2D eigenvalue weighted by molar-refractivity contribution is 5.81. The van der Waals surface area contributed by atoms with Gasteiger partial charge in [0.1, 0.15) is 0 Å². The summed E-state index contributed by atoms with van der Waals surface area (Å²) in [6.07, 6.45) is 5.44. The van der Waals surface area contributed by atoms with Gasteiger partial charge in [-0.1, -0.05) is 24.3 Å². The van der Waals surface area contributed by atoms with Crippen LogP contribution in [0.1, 0.15) is 5.56 Å². The SMILES string of the molecule is CNc1cncc(NCc2cccc3cccnc23)c1. The first-order valence-electron chi connectivity index (χ1n) is 6.56. The summed E-state index contributed by atoms with van der Waals surface area (Å²) in [6.45, 7) is 0.725. The maximum Gasteiger partial charge on any atom is 0.0751 e. The van der Waals surface area contributed by atoms with Crippen LogP contribution < -0.4 is 10.6 Å². The van der Waals surface area contributed by atoms with E-state index in [9.17, 15) is 0 Å². The molecule has 2 N–H and O–H groups in total. The highest BCUT2D eigenvalue weighted by Crippen LogP contribution is 2.18. The van der Waals surface area contributed by atoms with E-state index in [0.29, 0.717) is 0 Å². The Morgan fingerprint density at radius 3 is 2.80 bits per heavy atom. The average Bonchev–Trinajstić information content (AvgIpc) is 2.53. The fraction of sp³-hybridized carbons (Fsp3) is 0.125. The molecule has 0 aliphatic carbocycles. The van der Waals surface area contributed by atoms with E-state index in [1.165, 1.54) is 5.56 Å². The van der Waals surface area contributed by atoms with Gasteiger partial charge in [-0.05, 0) is 17.7 Å². The number of fused-ring (bicyclic) bond motifs is 1. The molecule has 0 spiro atoms. The third-order valence-corrected chi connectivity index (χ3v) is 3.23. The van der Waals surface area contributed by atoms with E-state index in [1.807, 2.05) is 31.6 Å². The predicted molar refractivity (Wildman–Crippen MR) is 82.9 cm³/mol. The summed E-state index contributed by atoms with van der Waals surface area (Å²) in [7, 11) is 1.88. The van der Waals surface area contributed by atoms with Crippen molar-refractivity contribution >= 4 is 22.3 Å². The first kappa shape index (κ1) is 12.4. The summed E-state index contributed by atoms with van der Waals surface area (Å²) in [6, 6.07) is 12.3. The van der Waals surface area contributed by atoms with Crippen molar-refractivity contribution < 1.29 is 0 Å². The Balaban J connectivity index is 1.83. The smallest absolute Gasteiger partial charge is 0.0751 e. The minimum Gasteiger partial charge on any atom is -0.387 e. The monoisotopic (exact) mass is 264 g/mol. The number of nitrogens with zero attached hydrogens (tertiary/aromatic N) is 2. The van der Waals surface area contributed by atoms with E-state index in [4.69, 9.17) is 0 Å². The molecular weight excluding hydrogens is 248 g/mol. The van der Waals surface area contributed by atoms with Crippen LogP contribution in [-0.2, 0) is 6.54 Å². The summed E-state index contributed by atoms with van der Waals surface area (Å²) < 4.78 is 0. The summed E-state index contributed by atoms with van der Waals surface area (Å²) in [4.78, 5) is 8.65. The van der Waals surface area contributed by atoms with Crippen molar-refractivity contribution in [2.45, 2.75) is 6.54 Å². The van der Waals surface area contributed by atoms with Crippen LogP contribution in [0.15, 0.2) is 55.0 Å². The van der Waals surface area contributed by atoms with Gasteiger partial charge in [0, 0.05) is 25.2 Å². The Kier molecular flexibility index (Phi) is 3.46. The van der Waals surface area contributed by atoms with Crippen LogP contribution in [0.4, 0.5) is 11.4 Å². The van der Waals surface area contributed by atoms with Gasteiger partial charge in [-0.15, -0.1) is 0 Å².